The van der Waals surface area contributed by atoms with E-state index in [2.05, 4.69) is 19.1 Å². The fraction of sp³-hybridized carbons (Fsp3) is 0.588. The fourth-order valence-electron chi connectivity index (χ4n) is 2.94. The standard InChI is InChI=1S/C17H23NO2/c1-3-13-5-4-6-14(11-13)20-10-9-18(2)16(19)15-12-17(15)7-8-17/h4-6,11,15H,3,7-10,12H2,1-2H3/t15-/m0/s1. The Kier molecular flexibility index (Phi) is 3.45. The molecule has 3 nitrogen and oxygen atoms in total. The van der Waals surface area contributed by atoms with Crippen molar-refractivity contribution < 1.29 is 9.53 Å². The van der Waals surface area contributed by atoms with Crippen LogP contribution in [0.25, 0.3) is 0 Å². The third-order valence-electron chi connectivity index (χ3n) is 4.76. The maximum absolute atomic E-state index is 12.2. The second kappa shape index (κ2) is 5.12. The molecule has 0 radical (unpaired) electrons. The largest absolute Gasteiger partial charge is 0.492 e. The normalized spacial score (nSPS) is 21.6. The molecule has 0 N–H and O–H groups in total. The maximum atomic E-state index is 12.2. The summed E-state index contributed by atoms with van der Waals surface area (Å²) in [5, 5.41) is 0. The van der Waals surface area contributed by atoms with Gasteiger partial charge in [-0.25, -0.2) is 0 Å². The molecule has 2 fully saturated rings. The van der Waals surface area contributed by atoms with Gasteiger partial charge < -0.3 is 9.64 Å². The summed E-state index contributed by atoms with van der Waals surface area (Å²) in [6, 6.07) is 8.16. The molecule has 0 bridgehead atoms. The van der Waals surface area contributed by atoms with Crippen LogP contribution in [0.1, 0.15) is 31.7 Å². The zero-order chi connectivity index (χ0) is 14.2. The minimum absolute atomic E-state index is 0.313. The van der Waals surface area contributed by atoms with Crippen LogP contribution in [0, 0.1) is 11.3 Å². The maximum Gasteiger partial charge on any atom is 0.226 e. The molecule has 2 aliphatic carbocycles. The van der Waals surface area contributed by atoms with Gasteiger partial charge in [-0.05, 0) is 48.8 Å². The van der Waals surface area contributed by atoms with Gasteiger partial charge in [-0.15, -0.1) is 0 Å². The fourth-order valence-corrected chi connectivity index (χ4v) is 2.94. The number of aryl methyl sites for hydroxylation is 1. The van der Waals surface area contributed by atoms with Gasteiger partial charge in [0.2, 0.25) is 5.91 Å². The van der Waals surface area contributed by atoms with E-state index in [-0.39, 0.29) is 0 Å². The Labute approximate surface area is 120 Å². The van der Waals surface area contributed by atoms with E-state index in [0.29, 0.717) is 30.4 Å². The average Bonchev–Trinajstić information content (AvgIpc) is 3.38. The van der Waals surface area contributed by atoms with Gasteiger partial charge in [0.1, 0.15) is 12.4 Å². The lowest BCUT2D eigenvalue weighted by atomic mass is 10.2. The van der Waals surface area contributed by atoms with Gasteiger partial charge in [0, 0.05) is 13.0 Å². The van der Waals surface area contributed by atoms with Crippen molar-refractivity contribution in [1.29, 1.82) is 0 Å². The molecule has 1 atom stereocenters. The zero-order valence-electron chi connectivity index (χ0n) is 12.4. The Bertz CT molecular complexity index is 507. The van der Waals surface area contributed by atoms with Crippen LogP contribution in [0.2, 0.25) is 0 Å². The molecule has 20 heavy (non-hydrogen) atoms. The summed E-state index contributed by atoms with van der Waals surface area (Å²) in [6.07, 6.45) is 4.66. The molecular weight excluding hydrogens is 250 g/mol. The average molecular weight is 273 g/mol. The van der Waals surface area contributed by atoms with E-state index in [9.17, 15) is 4.79 Å². The van der Waals surface area contributed by atoms with Gasteiger partial charge >= 0.3 is 0 Å². The van der Waals surface area contributed by atoms with Gasteiger partial charge in [-0.2, -0.15) is 0 Å². The number of carbonyl (C=O) groups excluding carboxylic acids is 1. The quantitative estimate of drug-likeness (QED) is 0.797. The van der Waals surface area contributed by atoms with Crippen molar-refractivity contribution in [2.24, 2.45) is 11.3 Å². The van der Waals surface area contributed by atoms with Gasteiger partial charge in [-0.3, -0.25) is 4.79 Å². The third kappa shape index (κ3) is 2.67. The first-order chi connectivity index (χ1) is 9.64. The third-order valence-corrected chi connectivity index (χ3v) is 4.76. The van der Waals surface area contributed by atoms with E-state index in [0.717, 1.165) is 18.6 Å². The Hall–Kier alpha value is -1.51. The summed E-state index contributed by atoms with van der Waals surface area (Å²) >= 11 is 0. The molecule has 1 spiro atoms. The lowest BCUT2D eigenvalue weighted by molar-refractivity contribution is -0.132. The van der Waals surface area contributed by atoms with Gasteiger partial charge in [-0.1, -0.05) is 19.1 Å². The molecule has 3 rings (SSSR count). The monoisotopic (exact) mass is 273 g/mol. The number of hydrogen-bond acceptors (Lipinski definition) is 2. The minimum atomic E-state index is 0.313. The number of carbonyl (C=O) groups is 1. The molecule has 0 aromatic heterocycles. The lowest BCUT2D eigenvalue weighted by Crippen LogP contribution is -2.32. The van der Waals surface area contributed by atoms with E-state index in [1.165, 1.54) is 18.4 Å². The first-order valence-electron chi connectivity index (χ1n) is 7.61. The number of likely N-dealkylation sites (N-methyl/N-ethyl adjacent to an activating group) is 1. The van der Waals surface area contributed by atoms with Crippen molar-refractivity contribution in [3.63, 3.8) is 0 Å². The van der Waals surface area contributed by atoms with Crippen LogP contribution >= 0.6 is 0 Å². The van der Waals surface area contributed by atoms with Crippen molar-refractivity contribution in [2.45, 2.75) is 32.6 Å². The van der Waals surface area contributed by atoms with Gasteiger partial charge in [0.05, 0.1) is 6.54 Å². The highest BCUT2D eigenvalue weighted by Gasteiger charge is 2.66. The number of amides is 1. The van der Waals surface area contributed by atoms with Crippen molar-refractivity contribution in [1.82, 2.24) is 4.90 Å². The van der Waals surface area contributed by atoms with Crippen molar-refractivity contribution >= 4 is 5.91 Å². The SMILES string of the molecule is CCc1cccc(OCCN(C)C(=O)[C@@H]2CC23CC3)c1. The van der Waals surface area contributed by atoms with Crippen LogP contribution < -0.4 is 4.74 Å². The summed E-state index contributed by atoms with van der Waals surface area (Å²) in [7, 11) is 1.89. The van der Waals surface area contributed by atoms with E-state index >= 15 is 0 Å². The molecule has 2 saturated carbocycles. The molecule has 1 aromatic carbocycles. The molecule has 108 valence electrons. The molecule has 0 heterocycles. The van der Waals surface area contributed by atoms with E-state index in [1.807, 2.05) is 24.1 Å². The molecule has 0 aliphatic heterocycles. The first kappa shape index (κ1) is 13.5. The van der Waals surface area contributed by atoms with Gasteiger partial charge in [0.15, 0.2) is 0 Å². The number of rotatable bonds is 6. The van der Waals surface area contributed by atoms with Crippen LogP contribution in [0.5, 0.6) is 5.75 Å². The first-order valence-corrected chi connectivity index (χ1v) is 7.61. The van der Waals surface area contributed by atoms with Crippen LogP contribution in [-0.4, -0.2) is 31.0 Å². The Morgan fingerprint density at radius 2 is 2.25 bits per heavy atom. The summed E-state index contributed by atoms with van der Waals surface area (Å²) in [5.74, 6) is 1.53. The number of ether oxygens (including phenoxy) is 1. The van der Waals surface area contributed by atoms with E-state index in [4.69, 9.17) is 4.74 Å². The number of benzene rings is 1. The second-order valence-electron chi connectivity index (χ2n) is 6.23. The predicted octanol–water partition coefficient (Wildman–Crippen LogP) is 2.89. The summed E-state index contributed by atoms with van der Waals surface area (Å²) in [4.78, 5) is 14.0. The minimum Gasteiger partial charge on any atom is -0.492 e. The molecule has 1 aromatic rings. The lowest BCUT2D eigenvalue weighted by Gasteiger charge is -2.17. The highest BCUT2D eigenvalue weighted by atomic mass is 16.5. The van der Waals surface area contributed by atoms with E-state index in [1.54, 1.807) is 0 Å². The second-order valence-corrected chi connectivity index (χ2v) is 6.23. The van der Waals surface area contributed by atoms with Gasteiger partial charge in [0.25, 0.3) is 0 Å². The summed E-state index contributed by atoms with van der Waals surface area (Å²) < 4.78 is 5.74. The van der Waals surface area contributed by atoms with Crippen molar-refractivity contribution in [3.8, 4) is 5.75 Å². The molecule has 0 unspecified atom stereocenters. The Morgan fingerprint density at radius 1 is 1.45 bits per heavy atom. The number of nitrogens with zero attached hydrogens (tertiary/aromatic N) is 1. The van der Waals surface area contributed by atoms with Crippen molar-refractivity contribution in [3.05, 3.63) is 29.8 Å². The van der Waals surface area contributed by atoms with Crippen molar-refractivity contribution in [2.75, 3.05) is 20.2 Å². The summed E-state index contributed by atoms with van der Waals surface area (Å²) in [6.45, 7) is 3.37. The summed E-state index contributed by atoms with van der Waals surface area (Å²) in [5.41, 5.74) is 1.72. The molecule has 1 amide bonds. The highest BCUT2D eigenvalue weighted by molar-refractivity contribution is 5.83. The Balaban J connectivity index is 1.43. The molecule has 2 aliphatic rings. The topological polar surface area (TPSA) is 29.5 Å². The van der Waals surface area contributed by atoms with Crippen LogP contribution in [0.4, 0.5) is 0 Å². The predicted molar refractivity (Wildman–Crippen MR) is 78.7 cm³/mol. The van der Waals surface area contributed by atoms with Crippen LogP contribution in [-0.2, 0) is 11.2 Å². The smallest absolute Gasteiger partial charge is 0.226 e. The Morgan fingerprint density at radius 3 is 2.90 bits per heavy atom. The van der Waals surface area contributed by atoms with Crippen LogP contribution in [0.3, 0.4) is 0 Å². The molecule has 3 heteroatoms. The number of hydrogen-bond donors (Lipinski definition) is 0. The highest BCUT2D eigenvalue weighted by Crippen LogP contribution is 2.70. The van der Waals surface area contributed by atoms with E-state index < -0.39 is 0 Å². The zero-order valence-corrected chi connectivity index (χ0v) is 12.4. The molecular formula is C17H23NO2. The van der Waals surface area contributed by atoms with Crippen LogP contribution in [0.15, 0.2) is 24.3 Å². The molecule has 0 saturated heterocycles.